The Morgan fingerprint density at radius 3 is 2.50 bits per heavy atom. The molecule has 1 aliphatic carbocycles. The number of nitrogens with zero attached hydrogens (tertiary/aromatic N) is 4. The summed E-state index contributed by atoms with van der Waals surface area (Å²) >= 11 is 0. The van der Waals surface area contributed by atoms with Crippen molar-refractivity contribution in [2.45, 2.75) is 70.9 Å². The number of anilines is 2. The normalized spacial score (nSPS) is 15.7. The molecule has 28 heavy (non-hydrogen) atoms. The van der Waals surface area contributed by atoms with Crippen molar-refractivity contribution in [3.8, 4) is 0 Å². The van der Waals surface area contributed by atoms with Crippen LogP contribution in [0.2, 0.25) is 0 Å². The van der Waals surface area contributed by atoms with Crippen LogP contribution in [0, 0.1) is 0 Å². The van der Waals surface area contributed by atoms with Crippen LogP contribution in [-0.4, -0.2) is 25.9 Å². The summed E-state index contributed by atoms with van der Waals surface area (Å²) in [4.78, 5) is 0. The lowest BCUT2D eigenvalue weighted by Gasteiger charge is -2.18. The van der Waals surface area contributed by atoms with Crippen molar-refractivity contribution in [2.24, 2.45) is 0 Å². The van der Waals surface area contributed by atoms with E-state index in [1.807, 2.05) is 10.6 Å². The standard InChI is InChI=1S/C22H30N6/c1-16(2)21-25-26-22-19(23-15-17-10-6-5-7-11-17)14-20(27-28(21)22)24-18-12-8-3-4-9-13-18/h5-7,10-11,14,16,18,23H,3-4,8-9,12-13,15H2,1-2H3,(H,24,27). The van der Waals surface area contributed by atoms with Crippen LogP contribution >= 0.6 is 0 Å². The second kappa shape index (κ2) is 8.59. The van der Waals surface area contributed by atoms with Crippen LogP contribution in [0.4, 0.5) is 11.5 Å². The zero-order valence-corrected chi connectivity index (χ0v) is 16.9. The molecule has 2 N–H and O–H groups in total. The molecule has 0 spiro atoms. The van der Waals surface area contributed by atoms with Gasteiger partial charge in [-0.05, 0) is 18.4 Å². The van der Waals surface area contributed by atoms with Gasteiger partial charge in [0.15, 0.2) is 5.82 Å². The molecule has 4 rings (SSSR count). The van der Waals surface area contributed by atoms with Gasteiger partial charge in [-0.2, -0.15) is 4.52 Å². The van der Waals surface area contributed by atoms with Gasteiger partial charge in [0.25, 0.3) is 0 Å². The van der Waals surface area contributed by atoms with Gasteiger partial charge >= 0.3 is 0 Å². The van der Waals surface area contributed by atoms with E-state index < -0.39 is 0 Å². The van der Waals surface area contributed by atoms with Gasteiger partial charge in [-0.3, -0.25) is 0 Å². The predicted molar refractivity (Wildman–Crippen MR) is 114 cm³/mol. The van der Waals surface area contributed by atoms with Crippen molar-refractivity contribution in [1.82, 2.24) is 19.8 Å². The molecule has 6 nitrogen and oxygen atoms in total. The van der Waals surface area contributed by atoms with Crippen molar-refractivity contribution >= 4 is 17.2 Å². The van der Waals surface area contributed by atoms with Crippen molar-refractivity contribution in [3.63, 3.8) is 0 Å². The summed E-state index contributed by atoms with van der Waals surface area (Å²) in [6.45, 7) is 4.99. The second-order valence-electron chi connectivity index (χ2n) is 8.06. The lowest BCUT2D eigenvalue weighted by Crippen LogP contribution is -2.20. The van der Waals surface area contributed by atoms with E-state index in [1.165, 1.54) is 44.1 Å². The number of hydrogen-bond acceptors (Lipinski definition) is 5. The minimum Gasteiger partial charge on any atom is -0.378 e. The Bertz CT molecular complexity index is 894. The highest BCUT2D eigenvalue weighted by molar-refractivity contribution is 5.70. The van der Waals surface area contributed by atoms with E-state index >= 15 is 0 Å². The summed E-state index contributed by atoms with van der Waals surface area (Å²) in [5.74, 6) is 2.05. The zero-order valence-electron chi connectivity index (χ0n) is 16.9. The van der Waals surface area contributed by atoms with Crippen LogP contribution in [0.3, 0.4) is 0 Å². The summed E-state index contributed by atoms with van der Waals surface area (Å²) in [5, 5.41) is 20.9. The van der Waals surface area contributed by atoms with E-state index in [9.17, 15) is 0 Å². The number of fused-ring (bicyclic) bond motifs is 1. The lowest BCUT2D eigenvalue weighted by atomic mass is 10.1. The molecule has 6 heteroatoms. The molecule has 2 aromatic heterocycles. The molecule has 0 aliphatic heterocycles. The Balaban J connectivity index is 1.63. The summed E-state index contributed by atoms with van der Waals surface area (Å²) in [6.07, 6.45) is 7.71. The molecule has 1 aliphatic rings. The Labute approximate surface area is 166 Å². The van der Waals surface area contributed by atoms with Crippen LogP contribution in [0.15, 0.2) is 36.4 Å². The topological polar surface area (TPSA) is 67.1 Å². The van der Waals surface area contributed by atoms with E-state index in [1.54, 1.807) is 0 Å². The molecule has 0 saturated heterocycles. The van der Waals surface area contributed by atoms with Gasteiger partial charge < -0.3 is 10.6 Å². The molecule has 0 bridgehead atoms. The molecule has 3 aromatic rings. The van der Waals surface area contributed by atoms with E-state index in [4.69, 9.17) is 5.10 Å². The van der Waals surface area contributed by atoms with Gasteiger partial charge in [0.2, 0.25) is 5.65 Å². The minimum absolute atomic E-state index is 0.262. The first-order valence-electron chi connectivity index (χ1n) is 10.5. The third-order valence-electron chi connectivity index (χ3n) is 5.44. The third-order valence-corrected chi connectivity index (χ3v) is 5.44. The van der Waals surface area contributed by atoms with Crippen LogP contribution in [0.1, 0.15) is 69.7 Å². The Hall–Kier alpha value is -2.63. The number of benzene rings is 1. The van der Waals surface area contributed by atoms with Crippen molar-refractivity contribution in [1.29, 1.82) is 0 Å². The van der Waals surface area contributed by atoms with Crippen LogP contribution in [0.5, 0.6) is 0 Å². The maximum atomic E-state index is 4.84. The maximum absolute atomic E-state index is 4.84. The lowest BCUT2D eigenvalue weighted by molar-refractivity contribution is 0.614. The summed E-state index contributed by atoms with van der Waals surface area (Å²) < 4.78 is 1.90. The fourth-order valence-electron chi connectivity index (χ4n) is 3.88. The third kappa shape index (κ3) is 4.26. The molecule has 2 heterocycles. The number of hydrogen-bond donors (Lipinski definition) is 2. The average molecular weight is 379 g/mol. The van der Waals surface area contributed by atoms with Crippen molar-refractivity contribution in [3.05, 3.63) is 47.8 Å². The van der Waals surface area contributed by atoms with Gasteiger partial charge in [-0.1, -0.05) is 69.9 Å². The average Bonchev–Trinajstić information content (AvgIpc) is 2.97. The van der Waals surface area contributed by atoms with Gasteiger partial charge in [-0.25, -0.2) is 0 Å². The predicted octanol–water partition coefficient (Wildman–Crippen LogP) is 4.99. The number of aromatic nitrogens is 4. The molecule has 1 fully saturated rings. The van der Waals surface area contributed by atoms with Crippen LogP contribution in [-0.2, 0) is 6.54 Å². The van der Waals surface area contributed by atoms with Crippen molar-refractivity contribution < 1.29 is 0 Å². The molecule has 148 valence electrons. The Morgan fingerprint density at radius 2 is 1.79 bits per heavy atom. The molecular weight excluding hydrogens is 348 g/mol. The Morgan fingerprint density at radius 1 is 1.04 bits per heavy atom. The van der Waals surface area contributed by atoms with E-state index in [2.05, 4.69) is 65.0 Å². The maximum Gasteiger partial charge on any atom is 0.201 e. The first kappa shape index (κ1) is 18.7. The molecule has 0 radical (unpaired) electrons. The highest BCUT2D eigenvalue weighted by atomic mass is 15.4. The summed E-state index contributed by atoms with van der Waals surface area (Å²) in [6, 6.07) is 13.0. The van der Waals surface area contributed by atoms with Crippen LogP contribution in [0.25, 0.3) is 5.65 Å². The fraction of sp³-hybridized carbons (Fsp3) is 0.500. The van der Waals surface area contributed by atoms with E-state index in [-0.39, 0.29) is 5.92 Å². The zero-order chi connectivity index (χ0) is 19.3. The molecule has 1 saturated carbocycles. The fourth-order valence-corrected chi connectivity index (χ4v) is 3.88. The van der Waals surface area contributed by atoms with E-state index in [0.717, 1.165) is 29.5 Å². The number of nitrogens with one attached hydrogen (secondary N) is 2. The molecule has 1 aromatic carbocycles. The monoisotopic (exact) mass is 378 g/mol. The molecular formula is C22H30N6. The minimum atomic E-state index is 0.262. The number of rotatable bonds is 6. The largest absolute Gasteiger partial charge is 0.378 e. The molecule has 0 unspecified atom stereocenters. The SMILES string of the molecule is CC(C)c1nnc2c(NCc3ccccc3)cc(NC3CCCCCC3)nn12. The highest BCUT2D eigenvalue weighted by Gasteiger charge is 2.18. The second-order valence-corrected chi connectivity index (χ2v) is 8.06. The Kier molecular flexibility index (Phi) is 5.74. The first-order chi connectivity index (χ1) is 13.7. The van der Waals surface area contributed by atoms with Gasteiger partial charge in [0, 0.05) is 24.6 Å². The van der Waals surface area contributed by atoms with E-state index in [0.29, 0.717) is 6.04 Å². The quantitative estimate of drug-likeness (QED) is 0.591. The highest BCUT2D eigenvalue weighted by Crippen LogP contribution is 2.25. The van der Waals surface area contributed by atoms with Crippen molar-refractivity contribution in [2.75, 3.05) is 10.6 Å². The van der Waals surface area contributed by atoms with Gasteiger partial charge in [0.05, 0.1) is 5.69 Å². The molecule has 0 atom stereocenters. The summed E-state index contributed by atoms with van der Waals surface area (Å²) in [5.41, 5.74) is 2.99. The first-order valence-corrected chi connectivity index (χ1v) is 10.5. The van der Waals surface area contributed by atoms with Gasteiger partial charge in [0.1, 0.15) is 5.82 Å². The van der Waals surface area contributed by atoms with Crippen LogP contribution < -0.4 is 10.6 Å². The smallest absolute Gasteiger partial charge is 0.201 e. The van der Waals surface area contributed by atoms with Gasteiger partial charge in [-0.15, -0.1) is 15.3 Å². The summed E-state index contributed by atoms with van der Waals surface area (Å²) in [7, 11) is 0. The molecule has 0 amide bonds.